The van der Waals surface area contributed by atoms with Crippen LogP contribution in [0.3, 0.4) is 0 Å². The molecule has 2 fully saturated rings. The number of aliphatic hydroxyl groups is 1. The predicted molar refractivity (Wildman–Crippen MR) is 246 cm³/mol. The average molecular weight is 941 g/mol. The highest BCUT2D eigenvalue weighted by Crippen LogP contribution is 2.23. The lowest BCUT2D eigenvalue weighted by Gasteiger charge is -2.32. The van der Waals surface area contributed by atoms with Crippen molar-refractivity contribution in [1.82, 2.24) is 31.1 Å². The Kier molecular flexibility index (Phi) is 18.1. The molecule has 8 amide bonds. The summed E-state index contributed by atoms with van der Waals surface area (Å²) in [5.41, 5.74) is 6.60. The lowest BCUT2D eigenvalue weighted by molar-refractivity contribution is -0.159. The van der Waals surface area contributed by atoms with E-state index in [0.29, 0.717) is 30.5 Å². The Morgan fingerprint density at radius 3 is 1.87 bits per heavy atom. The second-order valence-electron chi connectivity index (χ2n) is 17.7. The zero-order valence-corrected chi connectivity index (χ0v) is 38.5. The fraction of sp³-hybridized carbons (Fsp3) is 0.438. The third kappa shape index (κ3) is 14.8. The van der Waals surface area contributed by atoms with Crippen molar-refractivity contribution in [3.8, 4) is 5.75 Å². The molecule has 3 aromatic carbocycles. The maximum Gasteiger partial charge on any atom is 0.396 e. The van der Waals surface area contributed by atoms with E-state index in [1.807, 2.05) is 20.8 Å². The normalized spacial score (nSPS) is 17.4. The molecule has 0 saturated carbocycles. The van der Waals surface area contributed by atoms with Crippen molar-refractivity contribution in [2.45, 2.75) is 108 Å². The van der Waals surface area contributed by atoms with Crippen LogP contribution in [0.1, 0.15) is 64.0 Å². The van der Waals surface area contributed by atoms with Crippen LogP contribution in [-0.2, 0) is 60.7 Å². The van der Waals surface area contributed by atoms with Gasteiger partial charge < -0.3 is 56.7 Å². The summed E-state index contributed by atoms with van der Waals surface area (Å²) in [6.07, 6.45) is -0.700. The smallest absolute Gasteiger partial charge is 0.396 e. The topological polar surface area (TPSA) is 285 Å². The number of ether oxygens (including phenoxy) is 2. The van der Waals surface area contributed by atoms with Gasteiger partial charge in [0.1, 0.15) is 29.9 Å². The van der Waals surface area contributed by atoms with Crippen molar-refractivity contribution in [1.29, 1.82) is 0 Å². The van der Waals surface area contributed by atoms with E-state index in [9.17, 15) is 48.3 Å². The van der Waals surface area contributed by atoms with Gasteiger partial charge in [-0.2, -0.15) is 0 Å². The fourth-order valence-corrected chi connectivity index (χ4v) is 7.96. The van der Waals surface area contributed by atoms with Gasteiger partial charge in [0.05, 0.1) is 19.6 Å². The van der Waals surface area contributed by atoms with Gasteiger partial charge in [-0.3, -0.25) is 38.4 Å². The van der Waals surface area contributed by atoms with Crippen molar-refractivity contribution in [2.75, 3.05) is 32.1 Å². The van der Waals surface area contributed by atoms with E-state index < -0.39 is 102 Å². The molecule has 20 nitrogen and oxygen atoms in total. The molecule has 0 aromatic heterocycles. The summed E-state index contributed by atoms with van der Waals surface area (Å²) in [5.74, 6) is -6.85. The van der Waals surface area contributed by atoms with Crippen molar-refractivity contribution in [2.24, 2.45) is 5.73 Å². The Morgan fingerprint density at radius 2 is 1.29 bits per heavy atom. The number of primary amides is 1. The summed E-state index contributed by atoms with van der Waals surface area (Å²) < 4.78 is 10.2. The van der Waals surface area contributed by atoms with E-state index in [4.69, 9.17) is 10.5 Å². The number of hydrogen-bond acceptors (Lipinski definition) is 12. The molecule has 2 saturated heterocycles. The molecule has 2 aliphatic heterocycles. The minimum Gasteiger partial charge on any atom is -0.484 e. The maximum absolute atomic E-state index is 13.8. The Hall–Kier alpha value is -7.35. The number of benzene rings is 3. The number of nitrogens with two attached hydrogens (primary N) is 1. The van der Waals surface area contributed by atoms with Crippen LogP contribution in [0.5, 0.6) is 5.75 Å². The highest BCUT2D eigenvalue weighted by Gasteiger charge is 2.42. The molecule has 0 spiro atoms. The molecule has 0 unspecified atom stereocenters. The second kappa shape index (κ2) is 23.9. The molecule has 2 heterocycles. The Bertz CT molecular complexity index is 2290. The molecule has 2 aliphatic rings. The highest BCUT2D eigenvalue weighted by molar-refractivity contribution is 6.32. The maximum atomic E-state index is 13.8. The van der Waals surface area contributed by atoms with Gasteiger partial charge in [-0.15, -0.1) is 0 Å². The largest absolute Gasteiger partial charge is 0.484 e. The molecule has 20 heteroatoms. The number of carbonyl (C=O) groups is 9. The summed E-state index contributed by atoms with van der Waals surface area (Å²) >= 11 is 0. The zero-order chi connectivity index (χ0) is 49.5. The van der Waals surface area contributed by atoms with Crippen LogP contribution >= 0.6 is 0 Å². The number of carbonyl (C=O) groups excluding carboxylic acids is 9. The molecular formula is C48H60N8O12. The first-order valence-corrected chi connectivity index (χ1v) is 22.3. The molecule has 68 heavy (non-hydrogen) atoms. The number of anilines is 1. The first-order chi connectivity index (χ1) is 32.3. The molecule has 3 aromatic rings. The van der Waals surface area contributed by atoms with Crippen LogP contribution in [0.25, 0.3) is 0 Å². The minimum atomic E-state index is -1.81. The summed E-state index contributed by atoms with van der Waals surface area (Å²) in [5, 5.41) is 24.9. The standard InChI is InChI=1S/C48H60N8O12/c1-48(2,3)54-44(63)37-18-12-23-55(37)45(64)40(59)33(25-29-13-7-5-8-14-29)52-42(61)35(27-38(49)57)51-39(58)28-68-32-21-19-31(20-22-32)50-41(60)34(26-30-15-9-6-10-16-30)53-43(62)36-17-11-24-56(36)46(65)47(66)67-4/h5-10,13-16,19-22,33-37,40,59H,11-12,17-18,23-28H2,1-4H3,(H2,49,57)(H,50,60)(H,51,58)(H,52,61)(H,53,62)(H,54,63)/t33-,34-,35-,36-,37-,40-/m0/s1. The van der Waals surface area contributed by atoms with Crippen molar-refractivity contribution in [3.05, 3.63) is 96.1 Å². The average Bonchev–Trinajstić information content (AvgIpc) is 4.01. The molecule has 8 N–H and O–H groups in total. The lowest BCUT2D eigenvalue weighted by Crippen LogP contribution is -2.59. The first-order valence-electron chi connectivity index (χ1n) is 22.3. The molecule has 364 valence electrons. The molecule has 0 bridgehead atoms. The predicted octanol–water partition coefficient (Wildman–Crippen LogP) is 0.250. The third-order valence-corrected chi connectivity index (χ3v) is 11.2. The summed E-state index contributed by atoms with van der Waals surface area (Å²) in [4.78, 5) is 120. The van der Waals surface area contributed by atoms with Gasteiger partial charge in [0, 0.05) is 30.7 Å². The van der Waals surface area contributed by atoms with Crippen LogP contribution in [0.15, 0.2) is 84.9 Å². The van der Waals surface area contributed by atoms with Gasteiger partial charge in [-0.1, -0.05) is 60.7 Å². The monoisotopic (exact) mass is 940 g/mol. The van der Waals surface area contributed by atoms with E-state index >= 15 is 0 Å². The van der Waals surface area contributed by atoms with E-state index in [2.05, 4.69) is 31.3 Å². The van der Waals surface area contributed by atoms with Crippen LogP contribution in [0, 0.1) is 0 Å². The Balaban J connectivity index is 1.21. The van der Waals surface area contributed by atoms with Crippen molar-refractivity contribution >= 4 is 58.9 Å². The molecular weight excluding hydrogens is 881 g/mol. The Labute approximate surface area is 394 Å². The summed E-state index contributed by atoms with van der Waals surface area (Å²) in [7, 11) is 1.07. The first kappa shape index (κ1) is 51.6. The van der Waals surface area contributed by atoms with E-state index in [1.54, 1.807) is 60.7 Å². The molecule has 5 rings (SSSR count). The second-order valence-corrected chi connectivity index (χ2v) is 17.7. The molecule has 0 aliphatic carbocycles. The quantitative estimate of drug-likeness (QED) is 0.0630. The van der Waals surface area contributed by atoms with Crippen molar-refractivity contribution < 1.29 is 57.7 Å². The van der Waals surface area contributed by atoms with E-state index in [1.165, 1.54) is 29.2 Å². The number of nitrogens with one attached hydrogen (secondary N) is 5. The van der Waals surface area contributed by atoms with E-state index in [0.717, 1.165) is 17.6 Å². The number of nitrogens with zero attached hydrogens (tertiary/aromatic N) is 2. The van der Waals surface area contributed by atoms with Gasteiger partial charge >= 0.3 is 11.9 Å². The minimum absolute atomic E-state index is 0.0227. The number of amides is 8. The number of rotatable bonds is 19. The third-order valence-electron chi connectivity index (χ3n) is 11.2. The number of hydrogen-bond donors (Lipinski definition) is 7. The number of aliphatic hydroxyl groups excluding tert-OH is 1. The Morgan fingerprint density at radius 1 is 0.721 bits per heavy atom. The number of esters is 1. The highest BCUT2D eigenvalue weighted by atomic mass is 16.5. The van der Waals surface area contributed by atoms with Crippen LogP contribution in [0.4, 0.5) is 5.69 Å². The van der Waals surface area contributed by atoms with Gasteiger partial charge in [0.15, 0.2) is 12.7 Å². The molecule has 0 radical (unpaired) electrons. The number of methoxy groups -OCH3 is 1. The summed E-state index contributed by atoms with van der Waals surface area (Å²) in [6.45, 7) is 5.19. The number of likely N-dealkylation sites (tertiary alicyclic amines) is 2. The molecule has 6 atom stereocenters. The van der Waals surface area contributed by atoms with Gasteiger partial charge in [0.2, 0.25) is 29.5 Å². The van der Waals surface area contributed by atoms with Crippen LogP contribution in [0.2, 0.25) is 0 Å². The lowest BCUT2D eigenvalue weighted by atomic mass is 9.99. The van der Waals surface area contributed by atoms with Gasteiger partial charge in [0.25, 0.3) is 11.8 Å². The SMILES string of the molecule is COC(=O)C(=O)N1CCC[C@H]1C(=O)N[C@@H](Cc1ccccc1)C(=O)Nc1ccc(OCC(=O)N[C@@H](CC(N)=O)C(=O)N[C@@H](Cc2ccccc2)[C@H](O)C(=O)N2CCC[C@H]2C(=O)NC(C)(C)C)cc1. The fourth-order valence-electron chi connectivity index (χ4n) is 7.96. The van der Waals surface area contributed by atoms with Crippen molar-refractivity contribution in [3.63, 3.8) is 0 Å². The van der Waals surface area contributed by atoms with Crippen LogP contribution < -0.4 is 37.1 Å². The summed E-state index contributed by atoms with van der Waals surface area (Å²) in [6, 6.07) is 17.9. The zero-order valence-electron chi connectivity index (χ0n) is 38.5. The van der Waals surface area contributed by atoms with Gasteiger partial charge in [-0.25, -0.2) is 4.79 Å². The van der Waals surface area contributed by atoms with Gasteiger partial charge in [-0.05, 0) is 88.3 Å². The van der Waals surface area contributed by atoms with E-state index in [-0.39, 0.29) is 44.0 Å². The van der Waals surface area contributed by atoms with Crippen LogP contribution in [-0.4, -0.2) is 137 Å².